The minimum absolute atomic E-state index is 0.0733. The molecule has 6 heteroatoms. The largest absolute Gasteiger partial charge is 0.478 e. The van der Waals surface area contributed by atoms with E-state index in [9.17, 15) is 22.8 Å². The van der Waals surface area contributed by atoms with Crippen molar-refractivity contribution in [3.63, 3.8) is 0 Å². The summed E-state index contributed by atoms with van der Waals surface area (Å²) in [7, 11) is 0. The first-order valence-electron chi connectivity index (χ1n) is 10.8. The Morgan fingerprint density at radius 3 is 1.88 bits per heavy atom. The molecular formula is C27H25F3O3. The van der Waals surface area contributed by atoms with Crippen LogP contribution in [-0.2, 0) is 10.8 Å². The second kappa shape index (κ2) is 7.44. The zero-order chi connectivity index (χ0) is 24.3. The summed E-state index contributed by atoms with van der Waals surface area (Å²) in [6, 6.07) is 12.6. The molecule has 0 atom stereocenters. The molecule has 0 radical (unpaired) electrons. The number of Topliss-reactive ketones (excluding diaryl/α,β-unsaturated/α-hetero) is 1. The van der Waals surface area contributed by atoms with Crippen molar-refractivity contribution in [2.45, 2.75) is 57.5 Å². The highest BCUT2D eigenvalue weighted by molar-refractivity contribution is 6.12. The quantitative estimate of drug-likeness (QED) is 0.423. The average Bonchev–Trinajstić information content (AvgIpc) is 2.74. The van der Waals surface area contributed by atoms with Gasteiger partial charge in [-0.3, -0.25) is 4.79 Å². The van der Waals surface area contributed by atoms with Crippen LogP contribution in [0.15, 0.2) is 48.5 Å². The lowest BCUT2D eigenvalue weighted by atomic mass is 9.62. The van der Waals surface area contributed by atoms with Crippen LogP contribution in [0.2, 0.25) is 0 Å². The van der Waals surface area contributed by atoms with Gasteiger partial charge in [0.25, 0.3) is 5.78 Å². The van der Waals surface area contributed by atoms with E-state index in [-0.39, 0.29) is 27.3 Å². The van der Waals surface area contributed by atoms with Gasteiger partial charge in [-0.1, -0.05) is 45.9 Å². The fourth-order valence-corrected chi connectivity index (χ4v) is 4.74. The van der Waals surface area contributed by atoms with E-state index in [1.54, 1.807) is 12.1 Å². The lowest BCUT2D eigenvalue weighted by Gasteiger charge is -2.42. The van der Waals surface area contributed by atoms with Crippen LogP contribution in [0.5, 0.6) is 0 Å². The van der Waals surface area contributed by atoms with Crippen molar-refractivity contribution in [3.05, 3.63) is 70.8 Å². The highest BCUT2D eigenvalue weighted by atomic mass is 19.4. The molecule has 172 valence electrons. The zero-order valence-electron chi connectivity index (χ0n) is 18.9. The van der Waals surface area contributed by atoms with E-state index in [0.717, 1.165) is 24.0 Å². The summed E-state index contributed by atoms with van der Waals surface area (Å²) in [4.78, 5) is 23.6. The third kappa shape index (κ3) is 4.03. The Labute approximate surface area is 190 Å². The normalized spacial score (nSPS) is 16.9. The van der Waals surface area contributed by atoms with Crippen molar-refractivity contribution in [1.29, 1.82) is 0 Å². The molecule has 3 nitrogen and oxygen atoms in total. The third-order valence-corrected chi connectivity index (χ3v) is 6.89. The molecule has 0 aliphatic heterocycles. The van der Waals surface area contributed by atoms with E-state index < -0.39 is 17.9 Å². The molecule has 3 aromatic carbocycles. The molecule has 0 saturated heterocycles. The van der Waals surface area contributed by atoms with Gasteiger partial charge in [-0.25, -0.2) is 4.79 Å². The maximum Gasteiger partial charge on any atom is 0.454 e. The molecule has 4 rings (SSSR count). The van der Waals surface area contributed by atoms with Gasteiger partial charge in [-0.15, -0.1) is 0 Å². The summed E-state index contributed by atoms with van der Waals surface area (Å²) in [6.45, 7) is 8.42. The van der Waals surface area contributed by atoms with Gasteiger partial charge in [-0.2, -0.15) is 13.2 Å². The molecular weight excluding hydrogens is 429 g/mol. The standard InChI is InChI=1S/C27H25F3O3/c1-25(2)9-10-26(3,4)22-14-19-18(13-21(22)25)11-17(12-20(19)23(31)27(28,29)30)15-5-7-16(8-6-15)24(32)33/h5-8,11-14H,9-10H2,1-4H3,(H,32,33). The number of aromatic carboxylic acids is 1. The molecule has 0 saturated carbocycles. The van der Waals surface area contributed by atoms with E-state index in [2.05, 4.69) is 27.7 Å². The maximum absolute atomic E-state index is 13.5. The van der Waals surface area contributed by atoms with Crippen LogP contribution in [0.25, 0.3) is 21.9 Å². The Hall–Kier alpha value is -3.15. The summed E-state index contributed by atoms with van der Waals surface area (Å²) in [5.41, 5.74) is 2.34. The summed E-state index contributed by atoms with van der Waals surface area (Å²) < 4.78 is 40.6. The van der Waals surface area contributed by atoms with Crippen LogP contribution < -0.4 is 0 Å². The van der Waals surface area contributed by atoms with E-state index >= 15 is 0 Å². The van der Waals surface area contributed by atoms with Crippen LogP contribution in [0, 0.1) is 0 Å². The number of hydrogen-bond acceptors (Lipinski definition) is 2. The first kappa shape index (κ1) is 23.0. The van der Waals surface area contributed by atoms with E-state index in [1.807, 2.05) is 6.07 Å². The molecule has 3 aromatic rings. The van der Waals surface area contributed by atoms with Gasteiger partial charge < -0.3 is 5.11 Å². The van der Waals surface area contributed by atoms with E-state index in [4.69, 9.17) is 5.11 Å². The summed E-state index contributed by atoms with van der Waals surface area (Å²) in [5.74, 6) is -2.98. The Kier molecular flexibility index (Phi) is 5.19. The molecule has 0 heterocycles. The molecule has 0 spiro atoms. The number of carbonyl (C=O) groups is 2. The second-order valence-corrected chi connectivity index (χ2v) is 10.1. The third-order valence-electron chi connectivity index (χ3n) is 6.89. The number of rotatable bonds is 3. The predicted molar refractivity (Wildman–Crippen MR) is 122 cm³/mol. The zero-order valence-corrected chi connectivity index (χ0v) is 18.9. The summed E-state index contributed by atoms with van der Waals surface area (Å²) in [5, 5.41) is 9.98. The van der Waals surface area contributed by atoms with Crippen molar-refractivity contribution in [2.24, 2.45) is 0 Å². The molecule has 0 fully saturated rings. The number of ketones is 1. The number of alkyl halides is 3. The van der Waals surface area contributed by atoms with Crippen molar-refractivity contribution < 1.29 is 27.9 Å². The predicted octanol–water partition coefficient (Wildman–Crippen LogP) is 7.30. The minimum Gasteiger partial charge on any atom is -0.478 e. The first-order valence-corrected chi connectivity index (χ1v) is 10.8. The van der Waals surface area contributed by atoms with E-state index in [0.29, 0.717) is 16.5 Å². The van der Waals surface area contributed by atoms with Gasteiger partial charge in [0.1, 0.15) is 0 Å². The monoisotopic (exact) mass is 454 g/mol. The van der Waals surface area contributed by atoms with Crippen LogP contribution in [-0.4, -0.2) is 23.0 Å². The Morgan fingerprint density at radius 1 is 0.818 bits per heavy atom. The Bertz CT molecular complexity index is 1280. The molecule has 33 heavy (non-hydrogen) atoms. The molecule has 1 aliphatic carbocycles. The van der Waals surface area contributed by atoms with Crippen molar-refractivity contribution >= 4 is 22.5 Å². The minimum atomic E-state index is -5.01. The van der Waals surface area contributed by atoms with Crippen molar-refractivity contribution in [1.82, 2.24) is 0 Å². The smallest absolute Gasteiger partial charge is 0.454 e. The SMILES string of the molecule is CC1(C)CCC(C)(C)c2cc3c(C(=O)C(F)(F)F)cc(-c4ccc(C(=O)O)cc4)cc3cc21. The number of carboxylic acids is 1. The number of hydrogen-bond donors (Lipinski definition) is 1. The van der Waals surface area contributed by atoms with Crippen LogP contribution in [0.1, 0.15) is 72.4 Å². The molecule has 0 unspecified atom stereocenters. The molecule has 0 amide bonds. The molecule has 1 N–H and O–H groups in total. The highest BCUT2D eigenvalue weighted by Crippen LogP contribution is 2.48. The van der Waals surface area contributed by atoms with Crippen molar-refractivity contribution in [3.8, 4) is 11.1 Å². The highest BCUT2D eigenvalue weighted by Gasteiger charge is 2.41. The molecule has 1 aliphatic rings. The number of carboxylic acid groups (broad SMARTS) is 1. The Morgan fingerprint density at radius 2 is 1.36 bits per heavy atom. The van der Waals surface area contributed by atoms with Crippen LogP contribution in [0.3, 0.4) is 0 Å². The topological polar surface area (TPSA) is 54.4 Å². The first-order chi connectivity index (χ1) is 15.2. The lowest BCUT2D eigenvalue weighted by molar-refractivity contribution is -0.0884. The molecule has 0 bridgehead atoms. The maximum atomic E-state index is 13.5. The van der Waals surface area contributed by atoms with Crippen LogP contribution >= 0.6 is 0 Å². The van der Waals surface area contributed by atoms with Gasteiger partial charge in [0.05, 0.1) is 5.56 Å². The number of carbonyl (C=O) groups excluding carboxylic acids is 1. The number of benzene rings is 3. The van der Waals surface area contributed by atoms with E-state index in [1.165, 1.54) is 30.3 Å². The van der Waals surface area contributed by atoms with Gasteiger partial charge in [-0.05, 0) is 87.0 Å². The second-order valence-electron chi connectivity index (χ2n) is 10.1. The summed E-state index contributed by atoms with van der Waals surface area (Å²) in [6.07, 6.45) is -3.17. The van der Waals surface area contributed by atoms with Gasteiger partial charge >= 0.3 is 12.1 Å². The van der Waals surface area contributed by atoms with Gasteiger partial charge in [0.15, 0.2) is 0 Å². The summed E-state index contributed by atoms with van der Waals surface area (Å²) >= 11 is 0. The van der Waals surface area contributed by atoms with Gasteiger partial charge in [0.2, 0.25) is 0 Å². The lowest BCUT2D eigenvalue weighted by Crippen LogP contribution is -2.33. The van der Waals surface area contributed by atoms with Crippen LogP contribution in [0.4, 0.5) is 13.2 Å². The fourth-order valence-electron chi connectivity index (χ4n) is 4.74. The molecule has 0 aromatic heterocycles. The van der Waals surface area contributed by atoms with Crippen molar-refractivity contribution in [2.75, 3.05) is 0 Å². The van der Waals surface area contributed by atoms with Gasteiger partial charge in [0, 0.05) is 5.56 Å². The number of halogens is 3. The fraction of sp³-hybridized carbons (Fsp3) is 0.333. The average molecular weight is 454 g/mol. The number of fused-ring (bicyclic) bond motifs is 2. The Balaban J connectivity index is 2.03.